The second-order valence-electron chi connectivity index (χ2n) is 3.92. The highest BCUT2D eigenvalue weighted by Gasteiger charge is 2.13. The minimum Gasteiger partial charge on any atom is -0.395 e. The van der Waals surface area contributed by atoms with Crippen LogP contribution in [0.3, 0.4) is 0 Å². The molecule has 96 valence electrons. The molecule has 2 aromatic rings. The number of carbonyl (C=O) groups is 1. The van der Waals surface area contributed by atoms with Gasteiger partial charge in [-0.15, -0.1) is 0 Å². The largest absolute Gasteiger partial charge is 0.395 e. The van der Waals surface area contributed by atoms with Crippen LogP contribution in [-0.2, 0) is 11.8 Å². The smallest absolute Gasteiger partial charge is 0.204 e. The Morgan fingerprint density at radius 3 is 2.28 bits per heavy atom. The van der Waals surface area contributed by atoms with E-state index in [1.165, 1.54) is 5.56 Å². The van der Waals surface area contributed by atoms with Crippen LogP contribution in [0.5, 0.6) is 0 Å². The predicted octanol–water partition coefficient (Wildman–Crippen LogP) is 1.39. The number of primary amides is 1. The highest BCUT2D eigenvalue weighted by atomic mass is 16.1. The average Bonchev–Trinajstić information content (AvgIpc) is 2.56. The Morgan fingerprint density at radius 2 is 1.83 bits per heavy atom. The lowest BCUT2D eigenvalue weighted by Crippen LogP contribution is -1.97. The van der Waals surface area contributed by atoms with Gasteiger partial charge in [-0.1, -0.05) is 24.3 Å². The van der Waals surface area contributed by atoms with Crippen molar-refractivity contribution in [1.29, 1.82) is 0 Å². The van der Waals surface area contributed by atoms with Gasteiger partial charge >= 0.3 is 0 Å². The molecule has 5 heteroatoms. The normalized spacial score (nSPS) is 9.50. The van der Waals surface area contributed by atoms with Crippen LogP contribution in [0.1, 0.15) is 11.3 Å². The molecule has 0 radical (unpaired) electrons. The Morgan fingerprint density at radius 1 is 1.28 bits per heavy atom. The van der Waals surface area contributed by atoms with Gasteiger partial charge in [0.05, 0.1) is 17.1 Å². The van der Waals surface area contributed by atoms with Crippen LogP contribution < -0.4 is 11.5 Å². The van der Waals surface area contributed by atoms with E-state index in [2.05, 4.69) is 29.9 Å². The minimum atomic E-state index is 0.250. The molecule has 0 atom stereocenters. The molecule has 0 aliphatic rings. The monoisotopic (exact) mass is 246 g/mol. The number of nitrogens with two attached hydrogens (primary N) is 2. The van der Waals surface area contributed by atoms with E-state index in [0.717, 1.165) is 22.6 Å². The van der Waals surface area contributed by atoms with Gasteiger partial charge in [-0.25, -0.2) is 0 Å². The number of anilines is 1. The standard InChI is InChI=1S/C12H15N3.CH3NO/c1-8-6-4-5-7-10(8)12-11(13)9(2)14-15(12)3;2-1-3/h4-7H,13H2,1-3H3;1H,(H2,2,3). The molecule has 0 saturated heterocycles. The predicted molar refractivity (Wildman–Crippen MR) is 72.8 cm³/mol. The molecular formula is C13H18N4O. The average molecular weight is 246 g/mol. The summed E-state index contributed by atoms with van der Waals surface area (Å²) in [5.41, 5.74) is 15.2. The molecule has 18 heavy (non-hydrogen) atoms. The van der Waals surface area contributed by atoms with Crippen LogP contribution in [0.4, 0.5) is 5.69 Å². The fraction of sp³-hybridized carbons (Fsp3) is 0.231. The van der Waals surface area contributed by atoms with E-state index in [9.17, 15) is 0 Å². The molecule has 4 N–H and O–H groups in total. The van der Waals surface area contributed by atoms with E-state index < -0.39 is 0 Å². The van der Waals surface area contributed by atoms with Gasteiger partial charge in [0.1, 0.15) is 0 Å². The summed E-state index contributed by atoms with van der Waals surface area (Å²) >= 11 is 0. The number of hydrogen-bond donors (Lipinski definition) is 2. The first-order valence-corrected chi connectivity index (χ1v) is 5.53. The minimum absolute atomic E-state index is 0.250. The van der Waals surface area contributed by atoms with Gasteiger partial charge < -0.3 is 11.5 Å². The van der Waals surface area contributed by atoms with Crippen molar-refractivity contribution in [3.05, 3.63) is 35.5 Å². The van der Waals surface area contributed by atoms with Crippen LogP contribution >= 0.6 is 0 Å². The van der Waals surface area contributed by atoms with Crippen molar-refractivity contribution in [2.45, 2.75) is 13.8 Å². The first kappa shape index (κ1) is 13.8. The van der Waals surface area contributed by atoms with Crippen LogP contribution in [-0.4, -0.2) is 16.2 Å². The van der Waals surface area contributed by atoms with Crippen molar-refractivity contribution >= 4 is 12.1 Å². The molecule has 0 saturated carbocycles. The van der Waals surface area contributed by atoms with Crippen LogP contribution in [0, 0.1) is 13.8 Å². The quantitative estimate of drug-likeness (QED) is 0.745. The highest BCUT2D eigenvalue weighted by molar-refractivity contribution is 5.76. The van der Waals surface area contributed by atoms with E-state index in [4.69, 9.17) is 10.5 Å². The Balaban J connectivity index is 0.000000492. The van der Waals surface area contributed by atoms with Gasteiger partial charge in [0, 0.05) is 12.6 Å². The number of nitrogens with zero attached hydrogens (tertiary/aromatic N) is 2. The second kappa shape index (κ2) is 5.86. The maximum atomic E-state index is 8.58. The summed E-state index contributed by atoms with van der Waals surface area (Å²) in [5, 5.41) is 4.32. The summed E-state index contributed by atoms with van der Waals surface area (Å²) in [7, 11) is 1.92. The lowest BCUT2D eigenvalue weighted by Gasteiger charge is -2.06. The lowest BCUT2D eigenvalue weighted by molar-refractivity contribution is -0.106. The fourth-order valence-electron chi connectivity index (χ4n) is 1.83. The number of hydrogen-bond acceptors (Lipinski definition) is 3. The number of carbonyl (C=O) groups excluding carboxylic acids is 1. The Hall–Kier alpha value is -2.30. The first-order valence-electron chi connectivity index (χ1n) is 5.53. The third-order valence-electron chi connectivity index (χ3n) is 2.67. The van der Waals surface area contributed by atoms with Gasteiger partial charge in [-0.3, -0.25) is 9.48 Å². The summed E-state index contributed by atoms with van der Waals surface area (Å²) in [5.74, 6) is 0. The molecule has 1 amide bonds. The Kier molecular flexibility index (Phi) is 4.48. The van der Waals surface area contributed by atoms with Crippen LogP contribution in [0.15, 0.2) is 24.3 Å². The van der Waals surface area contributed by atoms with E-state index in [1.54, 1.807) is 0 Å². The molecular weight excluding hydrogens is 228 g/mol. The van der Waals surface area contributed by atoms with Gasteiger partial charge in [-0.2, -0.15) is 5.10 Å². The van der Waals surface area contributed by atoms with Crippen LogP contribution in [0.25, 0.3) is 11.3 Å². The topological polar surface area (TPSA) is 86.9 Å². The number of nitrogen functional groups attached to an aromatic ring is 1. The number of benzene rings is 1. The molecule has 0 unspecified atom stereocenters. The van der Waals surface area contributed by atoms with Crippen molar-refractivity contribution < 1.29 is 4.79 Å². The molecule has 1 heterocycles. The maximum absolute atomic E-state index is 8.58. The van der Waals surface area contributed by atoms with Crippen molar-refractivity contribution in [2.75, 3.05) is 5.73 Å². The van der Waals surface area contributed by atoms with E-state index in [0.29, 0.717) is 0 Å². The molecule has 0 bridgehead atoms. The number of aryl methyl sites for hydroxylation is 3. The lowest BCUT2D eigenvalue weighted by atomic mass is 10.0. The summed E-state index contributed by atoms with van der Waals surface area (Å²) < 4.78 is 1.84. The Bertz CT molecular complexity index is 546. The zero-order valence-corrected chi connectivity index (χ0v) is 10.8. The molecule has 0 fully saturated rings. The number of aromatic nitrogens is 2. The van der Waals surface area contributed by atoms with Gasteiger partial charge in [0.15, 0.2) is 0 Å². The fourth-order valence-corrected chi connectivity index (χ4v) is 1.83. The summed E-state index contributed by atoms with van der Waals surface area (Å²) in [6.45, 7) is 4.01. The van der Waals surface area contributed by atoms with E-state index in [1.807, 2.05) is 30.8 Å². The maximum Gasteiger partial charge on any atom is 0.204 e. The third kappa shape index (κ3) is 2.68. The number of rotatable bonds is 1. The molecule has 1 aromatic carbocycles. The van der Waals surface area contributed by atoms with Crippen molar-refractivity contribution in [3.63, 3.8) is 0 Å². The van der Waals surface area contributed by atoms with Crippen molar-refractivity contribution in [2.24, 2.45) is 12.8 Å². The van der Waals surface area contributed by atoms with Gasteiger partial charge in [-0.05, 0) is 19.4 Å². The molecule has 0 spiro atoms. The molecule has 2 rings (SSSR count). The van der Waals surface area contributed by atoms with Crippen molar-refractivity contribution in [3.8, 4) is 11.3 Å². The van der Waals surface area contributed by atoms with Crippen molar-refractivity contribution in [1.82, 2.24) is 9.78 Å². The summed E-state index contributed by atoms with van der Waals surface area (Å²) in [4.78, 5) is 8.58. The van der Waals surface area contributed by atoms with Gasteiger partial charge in [0.25, 0.3) is 0 Å². The number of amides is 1. The van der Waals surface area contributed by atoms with E-state index in [-0.39, 0.29) is 6.41 Å². The molecule has 0 aliphatic carbocycles. The Labute approximate surface area is 106 Å². The van der Waals surface area contributed by atoms with Gasteiger partial charge in [0.2, 0.25) is 6.41 Å². The zero-order valence-electron chi connectivity index (χ0n) is 10.8. The summed E-state index contributed by atoms with van der Waals surface area (Å²) in [6, 6.07) is 8.20. The first-order chi connectivity index (χ1) is 8.52. The highest BCUT2D eigenvalue weighted by Crippen LogP contribution is 2.29. The summed E-state index contributed by atoms with van der Waals surface area (Å²) in [6.07, 6.45) is 0.250. The second-order valence-corrected chi connectivity index (χ2v) is 3.92. The van der Waals surface area contributed by atoms with E-state index >= 15 is 0 Å². The molecule has 1 aromatic heterocycles. The SMILES string of the molecule is Cc1ccccc1-c1c(N)c(C)nn1C.NC=O. The molecule has 0 aliphatic heterocycles. The zero-order chi connectivity index (χ0) is 13.7. The van der Waals surface area contributed by atoms with Crippen LogP contribution in [0.2, 0.25) is 0 Å². The molecule has 5 nitrogen and oxygen atoms in total. The third-order valence-corrected chi connectivity index (χ3v) is 2.67.